The van der Waals surface area contributed by atoms with Crippen LogP contribution in [-0.2, 0) is 14.3 Å². The van der Waals surface area contributed by atoms with Crippen molar-refractivity contribution in [1.29, 1.82) is 0 Å². The maximum Gasteiger partial charge on any atom is 0.331 e. The molecule has 1 fully saturated rings. The molecule has 7 N–H and O–H groups in total. The number of aliphatic hydroxyl groups excluding tert-OH is 6. The number of esters is 1. The number of carboxylic acid groups (broad SMARTS) is 1. The Bertz CT molecular complexity index is 1080. The van der Waals surface area contributed by atoms with E-state index in [0.717, 1.165) is 12.0 Å². The Labute approximate surface area is 265 Å². The van der Waals surface area contributed by atoms with Gasteiger partial charge in [0.15, 0.2) is 0 Å². The van der Waals surface area contributed by atoms with Crippen LogP contribution in [-0.4, -0.2) is 90.4 Å². The highest BCUT2D eigenvalue weighted by Gasteiger charge is 2.35. The molecule has 0 amide bonds. The number of hydrogen-bond acceptors (Lipinski definition) is 9. The lowest BCUT2D eigenvalue weighted by molar-refractivity contribution is -0.159. The summed E-state index contributed by atoms with van der Waals surface area (Å²) in [6, 6.07) is 0. The number of carbonyl (C=O) groups is 2. The lowest BCUT2D eigenvalue weighted by Gasteiger charge is -2.30. The van der Waals surface area contributed by atoms with E-state index >= 15 is 0 Å². The number of allylic oxidation sites excluding steroid dienone is 9. The Kier molecular flexibility index (Phi) is 18.3. The maximum atomic E-state index is 12.0. The molecule has 0 aromatic carbocycles. The molecular formula is C33H49ClO10. The number of halogens is 1. The molecule has 44 heavy (non-hydrogen) atoms. The third kappa shape index (κ3) is 14.0. The molecule has 1 saturated carbocycles. The molecule has 0 saturated heterocycles. The van der Waals surface area contributed by atoms with E-state index in [1.54, 1.807) is 62.5 Å². The van der Waals surface area contributed by atoms with Crippen molar-refractivity contribution in [3.05, 3.63) is 71.4 Å². The van der Waals surface area contributed by atoms with Crippen LogP contribution < -0.4 is 0 Å². The molecule has 1 unspecified atom stereocenters. The molecule has 0 heterocycles. The third-order valence-corrected chi connectivity index (χ3v) is 8.16. The summed E-state index contributed by atoms with van der Waals surface area (Å²) in [5.74, 6) is -3.60. The van der Waals surface area contributed by atoms with Crippen LogP contribution in [0.15, 0.2) is 71.4 Å². The first-order chi connectivity index (χ1) is 20.7. The molecule has 1 aliphatic rings. The zero-order valence-electron chi connectivity index (χ0n) is 25.8. The van der Waals surface area contributed by atoms with Crippen molar-refractivity contribution in [1.82, 2.24) is 0 Å². The molecule has 0 aliphatic heterocycles. The van der Waals surface area contributed by atoms with Crippen LogP contribution in [0.2, 0.25) is 0 Å². The topological polar surface area (TPSA) is 185 Å². The van der Waals surface area contributed by atoms with Crippen LogP contribution in [0.3, 0.4) is 0 Å². The largest absolute Gasteiger partial charge is 0.481 e. The van der Waals surface area contributed by atoms with Crippen molar-refractivity contribution in [2.24, 2.45) is 17.8 Å². The molecule has 1 aliphatic carbocycles. The Morgan fingerprint density at radius 3 is 2.20 bits per heavy atom. The fourth-order valence-electron chi connectivity index (χ4n) is 4.52. The number of hydrogen-bond donors (Lipinski definition) is 7. The van der Waals surface area contributed by atoms with E-state index < -0.39 is 72.4 Å². The van der Waals surface area contributed by atoms with Crippen molar-refractivity contribution in [3.63, 3.8) is 0 Å². The van der Waals surface area contributed by atoms with E-state index in [0.29, 0.717) is 6.42 Å². The van der Waals surface area contributed by atoms with Crippen LogP contribution in [0.4, 0.5) is 0 Å². The average molecular weight is 641 g/mol. The SMILES string of the molecule is CC/C=C/[C@@H](O)[C@@H](C)[C@H](O)CC(O)[C@@H](O)[C@H](O)[C@H](C)/C(Cl)=C/C=C/C=C(C)/C=C/C=C/C(=O)O[C@@H]1C[C@@H](C(=O)O)CC[C@@H]1O. The molecule has 10 atom stereocenters. The van der Waals surface area contributed by atoms with Crippen LogP contribution in [0, 0.1) is 17.8 Å². The molecular weight excluding hydrogens is 592 g/mol. The summed E-state index contributed by atoms with van der Waals surface area (Å²) >= 11 is 6.31. The number of aliphatic carboxylic acids is 1. The van der Waals surface area contributed by atoms with Crippen LogP contribution in [0.25, 0.3) is 0 Å². The summed E-state index contributed by atoms with van der Waals surface area (Å²) in [5, 5.41) is 71.2. The van der Waals surface area contributed by atoms with Gasteiger partial charge in [0.25, 0.3) is 0 Å². The standard InChI is InChI=1S/C33H49ClO10/c1-5-6-14-25(35)22(4)27(37)19-28(38)32(41)31(40)21(3)24(34)13-9-7-11-20(2)12-8-10-15-30(39)44-29-18-23(33(42)43)16-17-26(29)36/h6-15,21-23,25-29,31-32,35-38,40-41H,5,16-19H2,1-4H3,(H,42,43)/b9-7+,12-8+,14-6+,15-10+,20-11+,24-13-/t21-,22-,23+,25-,26+,27-,28?,29-,31-,32-/m1/s1. The van der Waals surface area contributed by atoms with E-state index in [1.165, 1.54) is 12.2 Å². The van der Waals surface area contributed by atoms with Gasteiger partial charge in [0, 0.05) is 35.8 Å². The zero-order chi connectivity index (χ0) is 33.4. The highest BCUT2D eigenvalue weighted by atomic mass is 35.5. The molecule has 11 heteroatoms. The molecule has 0 aromatic heterocycles. The first-order valence-electron chi connectivity index (χ1n) is 14.9. The molecule has 0 bridgehead atoms. The molecule has 0 radical (unpaired) electrons. The molecule has 248 valence electrons. The van der Waals surface area contributed by atoms with Crippen LogP contribution in [0.5, 0.6) is 0 Å². The van der Waals surface area contributed by atoms with Gasteiger partial charge >= 0.3 is 11.9 Å². The van der Waals surface area contributed by atoms with E-state index in [1.807, 2.05) is 13.8 Å². The van der Waals surface area contributed by atoms with E-state index in [-0.39, 0.29) is 24.3 Å². The summed E-state index contributed by atoms with van der Waals surface area (Å²) in [6.45, 7) is 6.95. The van der Waals surface area contributed by atoms with Crippen molar-refractivity contribution < 1.29 is 50.1 Å². The summed E-state index contributed by atoms with van der Waals surface area (Å²) in [6.07, 6.45) is 8.97. The van der Waals surface area contributed by atoms with Gasteiger partial charge in [0.1, 0.15) is 12.2 Å². The Morgan fingerprint density at radius 1 is 0.932 bits per heavy atom. The average Bonchev–Trinajstić information content (AvgIpc) is 2.99. The second-order valence-electron chi connectivity index (χ2n) is 11.3. The predicted molar refractivity (Wildman–Crippen MR) is 168 cm³/mol. The smallest absolute Gasteiger partial charge is 0.331 e. The predicted octanol–water partition coefficient (Wildman–Crippen LogP) is 3.31. The molecule has 0 spiro atoms. The summed E-state index contributed by atoms with van der Waals surface area (Å²) in [7, 11) is 0. The third-order valence-electron chi connectivity index (χ3n) is 7.69. The lowest BCUT2D eigenvalue weighted by Crippen LogP contribution is -2.44. The number of aliphatic hydroxyl groups is 6. The van der Waals surface area contributed by atoms with Gasteiger partial charge in [-0.05, 0) is 32.3 Å². The summed E-state index contributed by atoms with van der Waals surface area (Å²) < 4.78 is 5.22. The fraction of sp³-hybridized carbons (Fsp3) is 0.576. The van der Waals surface area contributed by atoms with Gasteiger partial charge in [-0.25, -0.2) is 4.79 Å². The van der Waals surface area contributed by atoms with E-state index in [4.69, 9.17) is 21.4 Å². The Morgan fingerprint density at radius 2 is 1.57 bits per heavy atom. The van der Waals surface area contributed by atoms with E-state index in [2.05, 4.69) is 0 Å². The van der Waals surface area contributed by atoms with Gasteiger partial charge in [-0.1, -0.05) is 86.6 Å². The van der Waals surface area contributed by atoms with Crippen LogP contribution >= 0.6 is 11.6 Å². The van der Waals surface area contributed by atoms with Crippen molar-refractivity contribution in [3.8, 4) is 0 Å². The summed E-state index contributed by atoms with van der Waals surface area (Å²) in [5.41, 5.74) is 0.825. The minimum absolute atomic E-state index is 0.0749. The van der Waals surface area contributed by atoms with Gasteiger partial charge in [0.2, 0.25) is 0 Å². The van der Waals surface area contributed by atoms with Crippen LogP contribution in [0.1, 0.15) is 59.8 Å². The lowest BCUT2D eigenvalue weighted by atomic mass is 9.85. The monoisotopic (exact) mass is 640 g/mol. The van der Waals surface area contributed by atoms with Gasteiger partial charge in [-0.2, -0.15) is 0 Å². The van der Waals surface area contributed by atoms with Gasteiger partial charge in [-0.3, -0.25) is 4.79 Å². The Hall–Kier alpha value is -2.57. The highest BCUT2D eigenvalue weighted by molar-refractivity contribution is 6.30. The number of ether oxygens (including phenoxy) is 1. The summed E-state index contributed by atoms with van der Waals surface area (Å²) in [4.78, 5) is 23.2. The quantitative estimate of drug-likeness (QED) is 0.0538. The number of carbonyl (C=O) groups excluding carboxylic acids is 1. The Balaban J connectivity index is 2.60. The van der Waals surface area contributed by atoms with Crippen molar-refractivity contribution in [2.45, 2.75) is 103 Å². The second kappa shape index (κ2) is 20.5. The molecule has 0 aromatic rings. The van der Waals surface area contributed by atoms with Crippen molar-refractivity contribution >= 4 is 23.5 Å². The first kappa shape index (κ1) is 39.5. The molecule has 1 rings (SSSR count). The first-order valence-corrected chi connectivity index (χ1v) is 15.3. The fourth-order valence-corrected chi connectivity index (χ4v) is 4.72. The molecule has 10 nitrogen and oxygen atoms in total. The van der Waals surface area contributed by atoms with Gasteiger partial charge < -0.3 is 40.5 Å². The minimum atomic E-state index is -1.58. The van der Waals surface area contributed by atoms with Crippen molar-refractivity contribution in [2.75, 3.05) is 0 Å². The van der Waals surface area contributed by atoms with Gasteiger partial charge in [-0.15, -0.1) is 0 Å². The second-order valence-corrected chi connectivity index (χ2v) is 11.7. The number of rotatable bonds is 17. The van der Waals surface area contributed by atoms with E-state index in [9.17, 15) is 40.2 Å². The maximum absolute atomic E-state index is 12.0. The number of carboxylic acids is 1. The normalized spacial score (nSPS) is 25.3. The van der Waals surface area contributed by atoms with Gasteiger partial charge in [0.05, 0.1) is 36.4 Å². The zero-order valence-corrected chi connectivity index (χ0v) is 26.6. The highest BCUT2D eigenvalue weighted by Crippen LogP contribution is 2.27. The minimum Gasteiger partial charge on any atom is -0.481 e.